The van der Waals surface area contributed by atoms with Crippen molar-refractivity contribution in [1.29, 1.82) is 0 Å². The van der Waals surface area contributed by atoms with E-state index in [0.717, 1.165) is 29.9 Å². The van der Waals surface area contributed by atoms with Gasteiger partial charge < -0.3 is 19.0 Å². The Bertz CT molecular complexity index is 1900. The third-order valence-electron chi connectivity index (χ3n) is 7.68. The fourth-order valence-electron chi connectivity index (χ4n) is 5.27. The van der Waals surface area contributed by atoms with Crippen molar-refractivity contribution in [3.8, 4) is 17.3 Å². The van der Waals surface area contributed by atoms with Crippen molar-refractivity contribution in [2.75, 3.05) is 32.7 Å². The van der Waals surface area contributed by atoms with Crippen LogP contribution in [0.5, 0.6) is 5.88 Å². The molecule has 1 aliphatic heterocycles. The van der Waals surface area contributed by atoms with E-state index in [2.05, 4.69) is 31.9 Å². The van der Waals surface area contributed by atoms with Crippen LogP contribution in [0.25, 0.3) is 22.4 Å². The van der Waals surface area contributed by atoms with Crippen LogP contribution in [0.15, 0.2) is 69.4 Å². The molecule has 5 aromatic heterocycles. The van der Waals surface area contributed by atoms with Gasteiger partial charge in [0, 0.05) is 37.9 Å². The summed E-state index contributed by atoms with van der Waals surface area (Å²) in [6.07, 6.45) is 7.51. The Labute approximate surface area is 254 Å². The van der Waals surface area contributed by atoms with Crippen molar-refractivity contribution in [2.24, 2.45) is 0 Å². The summed E-state index contributed by atoms with van der Waals surface area (Å²) in [5.41, 5.74) is 2.78. The minimum atomic E-state index is -3.87. The number of piperazine rings is 1. The van der Waals surface area contributed by atoms with Gasteiger partial charge in [0.05, 0.1) is 42.2 Å². The van der Waals surface area contributed by atoms with Crippen LogP contribution in [0, 0.1) is 0 Å². The zero-order valence-electron chi connectivity index (χ0n) is 24.6. The predicted octanol–water partition coefficient (Wildman–Crippen LogP) is 3.08. The van der Waals surface area contributed by atoms with E-state index >= 15 is 0 Å². The number of nitrogens with zero attached hydrogens (tertiary/aromatic N) is 7. The first-order chi connectivity index (χ1) is 21.4. The zero-order chi connectivity index (χ0) is 30.7. The topological polar surface area (TPSA) is 152 Å². The number of H-pyrrole nitrogens is 1. The molecule has 0 aromatic carbocycles. The van der Waals surface area contributed by atoms with E-state index in [0.29, 0.717) is 44.7 Å². The Morgan fingerprint density at radius 2 is 1.91 bits per heavy atom. The highest BCUT2D eigenvalue weighted by atomic mass is 32.2. The number of furan rings is 1. The normalized spacial score (nSPS) is 14.8. The Hall–Kier alpha value is -4.40. The molecule has 6 heterocycles. The molecule has 14 heteroatoms. The van der Waals surface area contributed by atoms with Crippen molar-refractivity contribution < 1.29 is 17.6 Å². The van der Waals surface area contributed by atoms with Gasteiger partial charge in [-0.2, -0.15) is 9.40 Å². The molecule has 0 radical (unpaired) electrons. The van der Waals surface area contributed by atoms with E-state index in [1.165, 1.54) is 22.8 Å². The Morgan fingerprint density at radius 1 is 1.07 bits per heavy atom. The predicted molar refractivity (Wildman–Crippen MR) is 163 cm³/mol. The third kappa shape index (κ3) is 6.00. The number of aromatic nitrogens is 6. The summed E-state index contributed by atoms with van der Waals surface area (Å²) in [4.78, 5) is 32.1. The average Bonchev–Trinajstić information content (AvgIpc) is 3.69. The second kappa shape index (κ2) is 12.7. The fraction of sp³-hybridized carbons (Fsp3) is 0.367. The standard InChI is InChI=1S/C30H34N8O5S/c1-3-7-25-26-27(35-38(25)18-22-8-5-6-10-31-22)29(39)34-28(33-26)24-16-23(17-32-30(24)43-20-21-9-15-42-19-21)44(40,41)37-13-11-36(4-2)12-14-37/h5-6,8-10,15-17,19H,3-4,7,11-14,18,20H2,1-2H3,(H,33,34,39). The van der Waals surface area contributed by atoms with Gasteiger partial charge in [0.25, 0.3) is 5.56 Å². The van der Waals surface area contributed by atoms with Crippen molar-refractivity contribution >= 4 is 21.1 Å². The summed E-state index contributed by atoms with van der Waals surface area (Å²) in [6, 6.07) is 8.87. The highest BCUT2D eigenvalue weighted by Crippen LogP contribution is 2.31. The van der Waals surface area contributed by atoms with Gasteiger partial charge in [0.15, 0.2) is 5.52 Å². The number of likely N-dealkylation sites (N-methyl/N-ethyl adjacent to an activating group) is 1. The molecule has 0 saturated carbocycles. The summed E-state index contributed by atoms with van der Waals surface area (Å²) in [7, 11) is -3.87. The number of aromatic amines is 1. The average molecular weight is 619 g/mol. The van der Waals surface area contributed by atoms with E-state index in [-0.39, 0.29) is 34.3 Å². The Morgan fingerprint density at radius 3 is 2.61 bits per heavy atom. The van der Waals surface area contributed by atoms with Gasteiger partial charge in [-0.15, -0.1) is 0 Å². The number of sulfonamides is 1. The minimum absolute atomic E-state index is 0.00418. The lowest BCUT2D eigenvalue weighted by atomic mass is 10.2. The molecule has 0 bridgehead atoms. The summed E-state index contributed by atoms with van der Waals surface area (Å²) in [6.45, 7) is 7.51. The molecule has 230 valence electrons. The molecule has 6 rings (SSSR count). The molecule has 0 spiro atoms. The molecule has 1 fully saturated rings. The third-order valence-corrected chi connectivity index (χ3v) is 9.54. The van der Waals surface area contributed by atoms with Crippen LogP contribution in [0.3, 0.4) is 0 Å². The molecule has 0 unspecified atom stereocenters. The molecular formula is C30H34N8O5S. The van der Waals surface area contributed by atoms with Gasteiger partial charge in [0.1, 0.15) is 22.8 Å². The lowest BCUT2D eigenvalue weighted by molar-refractivity contribution is 0.196. The van der Waals surface area contributed by atoms with Gasteiger partial charge in [0.2, 0.25) is 15.9 Å². The zero-order valence-corrected chi connectivity index (χ0v) is 25.5. The second-order valence-electron chi connectivity index (χ2n) is 10.6. The monoisotopic (exact) mass is 618 g/mol. The summed E-state index contributed by atoms with van der Waals surface area (Å²) in [5, 5.41) is 4.59. The molecule has 5 aromatic rings. The van der Waals surface area contributed by atoms with Gasteiger partial charge >= 0.3 is 0 Å². The fourth-order valence-corrected chi connectivity index (χ4v) is 6.67. The first kappa shape index (κ1) is 29.7. The largest absolute Gasteiger partial charge is 0.472 e. The highest BCUT2D eigenvalue weighted by molar-refractivity contribution is 7.89. The lowest BCUT2D eigenvalue weighted by Crippen LogP contribution is -2.48. The van der Waals surface area contributed by atoms with Crippen LogP contribution >= 0.6 is 0 Å². The molecule has 0 aliphatic carbocycles. The van der Waals surface area contributed by atoms with E-state index in [1.807, 2.05) is 25.1 Å². The Kier molecular flexibility index (Phi) is 8.55. The van der Waals surface area contributed by atoms with E-state index < -0.39 is 15.6 Å². The summed E-state index contributed by atoms with van der Waals surface area (Å²) in [5.74, 6) is 0.265. The highest BCUT2D eigenvalue weighted by Gasteiger charge is 2.30. The number of ether oxygens (including phenoxy) is 1. The maximum absolute atomic E-state index is 13.7. The maximum Gasteiger partial charge on any atom is 0.279 e. The molecule has 0 amide bonds. The van der Waals surface area contributed by atoms with Crippen molar-refractivity contribution in [3.05, 3.63) is 82.6 Å². The smallest absolute Gasteiger partial charge is 0.279 e. The van der Waals surface area contributed by atoms with Crippen molar-refractivity contribution in [1.82, 2.24) is 38.9 Å². The van der Waals surface area contributed by atoms with E-state index in [9.17, 15) is 13.2 Å². The van der Waals surface area contributed by atoms with Crippen molar-refractivity contribution in [3.63, 3.8) is 0 Å². The second-order valence-corrected chi connectivity index (χ2v) is 12.5. The number of rotatable bonds is 11. The number of aryl methyl sites for hydroxylation is 1. The van der Waals surface area contributed by atoms with Crippen LogP contribution in [0.1, 0.15) is 37.2 Å². The summed E-state index contributed by atoms with van der Waals surface area (Å²) < 4.78 is 41.8. The van der Waals surface area contributed by atoms with Crippen molar-refractivity contribution in [2.45, 2.75) is 44.7 Å². The van der Waals surface area contributed by atoms with E-state index in [4.69, 9.17) is 14.1 Å². The number of pyridine rings is 2. The number of hydrogen-bond donors (Lipinski definition) is 1. The van der Waals surface area contributed by atoms with Crippen LogP contribution in [0.4, 0.5) is 0 Å². The summed E-state index contributed by atoms with van der Waals surface area (Å²) >= 11 is 0. The molecule has 1 aliphatic rings. The van der Waals surface area contributed by atoms with Gasteiger partial charge in [-0.1, -0.05) is 26.3 Å². The van der Waals surface area contributed by atoms with Gasteiger partial charge in [-0.25, -0.2) is 18.4 Å². The molecule has 0 atom stereocenters. The van der Waals surface area contributed by atoms with Crippen LogP contribution in [-0.4, -0.2) is 80.1 Å². The SMILES string of the molecule is CCCc1c2nc(-c3cc(S(=O)(=O)N4CCN(CC)CC4)cnc3OCc3ccoc3)[nH]c(=O)c2nn1Cc1ccccn1. The first-order valence-corrected chi connectivity index (χ1v) is 16.1. The van der Waals surface area contributed by atoms with E-state index in [1.54, 1.807) is 23.2 Å². The molecular weight excluding hydrogens is 584 g/mol. The number of hydrogen-bond acceptors (Lipinski definition) is 10. The molecule has 13 nitrogen and oxygen atoms in total. The van der Waals surface area contributed by atoms with Gasteiger partial charge in [-0.3, -0.25) is 14.5 Å². The molecule has 44 heavy (non-hydrogen) atoms. The minimum Gasteiger partial charge on any atom is -0.472 e. The maximum atomic E-state index is 13.7. The quantitative estimate of drug-likeness (QED) is 0.234. The van der Waals surface area contributed by atoms with Crippen LogP contribution in [0.2, 0.25) is 0 Å². The van der Waals surface area contributed by atoms with Crippen LogP contribution < -0.4 is 10.3 Å². The van der Waals surface area contributed by atoms with Gasteiger partial charge in [-0.05, 0) is 37.2 Å². The molecule has 1 saturated heterocycles. The lowest BCUT2D eigenvalue weighted by Gasteiger charge is -2.33. The first-order valence-electron chi connectivity index (χ1n) is 14.6. The number of nitrogens with one attached hydrogen (secondary N) is 1. The Balaban J connectivity index is 1.44. The van der Waals surface area contributed by atoms with Crippen LogP contribution in [-0.2, 0) is 29.6 Å². The molecule has 1 N–H and O–H groups in total. The number of fused-ring (bicyclic) bond motifs is 1.